The molecule has 0 unspecified atom stereocenters. The van der Waals surface area contributed by atoms with Crippen LogP contribution in [-0.4, -0.2) is 324 Å². The van der Waals surface area contributed by atoms with Gasteiger partial charge in [0.05, 0.1) is 50.3 Å². The molecular weight excluding hydrogens is 1780 g/mol. The lowest BCUT2D eigenvalue weighted by Crippen LogP contribution is -2.60. The van der Waals surface area contributed by atoms with E-state index in [0.29, 0.717) is 64.2 Å². The zero-order chi connectivity index (χ0) is 99.7. The van der Waals surface area contributed by atoms with Crippen molar-refractivity contribution in [2.75, 3.05) is 79.1 Å². The summed E-state index contributed by atoms with van der Waals surface area (Å²) in [6.45, 7) is 5.31. The Kier molecular flexibility index (Phi) is 41.7. The number of ketones is 1. The van der Waals surface area contributed by atoms with Crippen molar-refractivity contribution in [2.24, 2.45) is 29.0 Å². The molecule has 2 aliphatic heterocycles. The highest BCUT2D eigenvalue weighted by Gasteiger charge is 2.46. The zero-order valence-electron chi connectivity index (χ0n) is 78.0. The molecule has 16 amide bonds. The van der Waals surface area contributed by atoms with E-state index in [1.807, 2.05) is 13.8 Å². The zero-order valence-corrected chi connectivity index (χ0v) is 78.8. The molecule has 2 aliphatic rings. The largest absolute Gasteiger partial charge is 0.508 e. The number of Topliss-reactive ketones (excluding diaryl/α,β-unsaturated/α-hetero) is 1. The highest BCUT2D eigenvalue weighted by Crippen LogP contribution is 2.30. The number of rotatable bonds is 29. The molecule has 0 saturated carbocycles. The minimum absolute atomic E-state index is 0.0253. The lowest BCUT2D eigenvalue weighted by atomic mass is 9.90. The first-order valence-electron chi connectivity index (χ1n) is 45.4. The Bertz CT molecular complexity index is 5190. The van der Waals surface area contributed by atoms with Crippen LogP contribution in [0.4, 0.5) is 0 Å². The minimum Gasteiger partial charge on any atom is -0.508 e. The van der Waals surface area contributed by atoms with Crippen LogP contribution in [0, 0.1) is 11.8 Å². The summed E-state index contributed by atoms with van der Waals surface area (Å²) in [5.41, 5.74) is 20.4. The van der Waals surface area contributed by atoms with E-state index in [0.717, 1.165) is 26.5 Å². The van der Waals surface area contributed by atoms with Gasteiger partial charge in [-0.15, -0.1) is 11.8 Å². The molecule has 3 aromatic heterocycles. The number of thioether (sulfide) groups is 1. The number of fused-ring (bicyclic) bond motifs is 3. The van der Waals surface area contributed by atoms with E-state index in [2.05, 4.69) is 67.8 Å². The van der Waals surface area contributed by atoms with Gasteiger partial charge in [0.2, 0.25) is 94.5 Å². The molecule has 5 heterocycles. The number of carboxylic acids is 1. The van der Waals surface area contributed by atoms with E-state index >= 15 is 33.6 Å². The number of phenols is 1. The van der Waals surface area contributed by atoms with Gasteiger partial charge in [-0.25, -0.2) is 4.98 Å². The Balaban J connectivity index is 1.21. The Morgan fingerprint density at radius 2 is 1.17 bits per heavy atom. The lowest BCUT2D eigenvalue weighted by Gasteiger charge is -2.36. The number of benzene rings is 3. The highest BCUT2D eigenvalue weighted by molar-refractivity contribution is 8.00. The topological polar surface area (TPSA) is 640 Å². The summed E-state index contributed by atoms with van der Waals surface area (Å²) in [5.74, 6) is -20.4. The molecule has 0 aliphatic carbocycles. The van der Waals surface area contributed by atoms with Crippen molar-refractivity contribution >= 4 is 140 Å². The summed E-state index contributed by atoms with van der Waals surface area (Å²) < 4.78 is 5.28. The van der Waals surface area contributed by atoms with Gasteiger partial charge in [0.1, 0.15) is 72.2 Å². The summed E-state index contributed by atoms with van der Waals surface area (Å²) in [7, 11) is 5.21. The molecule has 43 nitrogen and oxygen atoms in total. The maximum atomic E-state index is 15.8. The smallest absolute Gasteiger partial charge is 0.303 e. The molecular formula is C92H129N21O22S. The summed E-state index contributed by atoms with van der Waals surface area (Å²) in [6, 6.07) is 0.884. The fraction of sp³-hybridized carbons (Fsp3) is 0.533. The number of aliphatic carboxylic acids is 1. The predicted octanol–water partition coefficient (Wildman–Crippen LogP) is -1.40. The standard InChI is InChI=1S/C92H129N21O22S/c1-10-12-22-72-87(129)105-66(34-51(3)4)85(127)108-71(83(125)99-45-77(95)118)48-136-49-79(120)102-68(35-53-24-26-58(114)27-25-53)88(130)109(6)52(5)81(123)106-70(41-76(94)117)90(132)112(32-33-135-9)47-78(119)101-67(39-57-44-96-50-100-57)86(128)104-65(28-29-80(121)122)91(133)113-46-59(115)40-74(113)75(116)38-54(36-55-42-97-62-20-16-14-18-60(55)62)82(124)103-64(30-31-93)84(126)107-69(37-56-43-98-63-21-17-15-19-61(56)63)89(131)111(8)73(23-13-11-2)92(134)110(72)7/h14-21,24-27,42-44,50-52,54,59,64-74,97-98,114-115H,10-13,22-23,28-41,45-49,93H2,1-9H3,(H2,94,117)(H2,95,118)(H,96,100)(H,99,125)(H,101,119)(H,102,120)(H,103,124)(H,104,128)(H,105,129)(H,106,123)(H,107,126)(H,108,127)(H,121,122)/t52-,54+,59+,64-,65-,66-,67-,68-,69-,70-,71-,72-,73-,74-/m0/s1. The van der Waals surface area contributed by atoms with E-state index in [1.54, 1.807) is 74.8 Å². The van der Waals surface area contributed by atoms with Gasteiger partial charge >= 0.3 is 5.97 Å². The van der Waals surface area contributed by atoms with Crippen molar-refractivity contribution in [2.45, 2.75) is 222 Å². The monoisotopic (exact) mass is 1910 g/mol. The van der Waals surface area contributed by atoms with Crippen LogP contribution in [0.2, 0.25) is 0 Å². The maximum absolute atomic E-state index is 15.8. The second-order valence-corrected chi connectivity index (χ2v) is 35.8. The molecule has 44 heteroatoms. The molecule has 136 heavy (non-hydrogen) atoms. The SMILES string of the molecule is CCCC[C@H]1C(=O)N(C)[C@@H](CCCC)C(=O)N[C@@H](CC(C)C)C(=O)N[C@H](C(=O)NCC(N)=O)CSCC(=O)N[C@@H](Cc2ccc(O)cc2)C(=O)N(C)[C@@H](C)C(=O)N[C@@H](CC(N)=O)C(=O)N(CCOC)CC(=O)N[C@@H](Cc2cnc[nH]2)C(=O)N[C@@H](CCC(=O)O)C(=O)N2C[C@H](O)C[C@H]2C(=O)C[C@@H](Cc2c[nH]c3ccccc23)C(=O)N[C@@H](CCN)C(=O)N[C@@H](Cc2c[nH]c3ccccc23)C(=O)N1C. The van der Waals surface area contributed by atoms with Crippen LogP contribution in [0.5, 0.6) is 5.75 Å². The molecule has 0 radical (unpaired) electrons. The van der Waals surface area contributed by atoms with Crippen LogP contribution in [0.15, 0.2) is 97.7 Å². The van der Waals surface area contributed by atoms with Crippen LogP contribution in [0.3, 0.4) is 0 Å². The van der Waals surface area contributed by atoms with Crippen LogP contribution in [-0.2, 0) is 117 Å². The number of primary amides is 2. The molecule has 8 rings (SSSR count). The Labute approximate surface area is 791 Å². The summed E-state index contributed by atoms with van der Waals surface area (Å²) in [4.78, 5) is 281. The molecule has 2 fully saturated rings. The number of hydrogen-bond donors (Lipinski definition) is 18. The molecule has 14 atom stereocenters. The molecule has 6 aromatic rings. The van der Waals surface area contributed by atoms with E-state index in [-0.39, 0.29) is 75.5 Å². The van der Waals surface area contributed by atoms with Gasteiger partial charge < -0.3 is 125 Å². The normalized spacial score (nSPS) is 23.8. The average Bonchev–Trinajstić information content (AvgIpc) is 1.65. The number of nitrogens with zero attached hydrogens (tertiary/aromatic N) is 6. The van der Waals surface area contributed by atoms with Crippen LogP contribution >= 0.6 is 11.8 Å². The number of carbonyl (C=O) groups excluding carboxylic acids is 17. The van der Waals surface area contributed by atoms with Gasteiger partial charge in [-0.05, 0) is 98.9 Å². The number of aromatic nitrogens is 4. The minimum atomic E-state index is -1.89. The highest BCUT2D eigenvalue weighted by atomic mass is 32.2. The number of para-hydroxylation sites is 2. The number of carboxylic acid groups (broad SMARTS) is 1. The number of aliphatic hydroxyl groups is 1. The number of nitrogens with two attached hydrogens (primary N) is 3. The van der Waals surface area contributed by atoms with E-state index in [4.69, 9.17) is 21.9 Å². The van der Waals surface area contributed by atoms with E-state index in [1.165, 1.54) is 81.8 Å². The molecule has 0 bridgehead atoms. The number of aromatic hydroxyl groups is 1. The third kappa shape index (κ3) is 31.4. The quantitative estimate of drug-likeness (QED) is 0.0257. The van der Waals surface area contributed by atoms with Gasteiger partial charge in [-0.3, -0.25) is 86.3 Å². The van der Waals surface area contributed by atoms with Crippen molar-refractivity contribution in [1.82, 2.24) is 92.3 Å². The summed E-state index contributed by atoms with van der Waals surface area (Å²) in [6.07, 6.45) is 1.31. The van der Waals surface area contributed by atoms with Gasteiger partial charge in [0.15, 0.2) is 5.78 Å². The number of nitrogens with one attached hydrogen (secondary N) is 12. The number of aliphatic hydroxyl groups excluding tert-OH is 1. The fourth-order valence-corrected chi connectivity index (χ4v) is 17.2. The van der Waals surface area contributed by atoms with Gasteiger partial charge in [-0.1, -0.05) is 102 Å². The number of aromatic amines is 3. The second kappa shape index (κ2) is 52.5. The van der Waals surface area contributed by atoms with E-state index < -0.39 is 267 Å². The van der Waals surface area contributed by atoms with Crippen LogP contribution in [0.25, 0.3) is 21.8 Å². The first-order valence-corrected chi connectivity index (χ1v) is 46.6. The molecule has 3 aromatic carbocycles. The van der Waals surface area contributed by atoms with Gasteiger partial charge in [-0.2, -0.15) is 0 Å². The second-order valence-electron chi connectivity index (χ2n) is 34.8. The Morgan fingerprint density at radius 1 is 0.596 bits per heavy atom. The van der Waals surface area contributed by atoms with Crippen molar-refractivity contribution < 1.29 is 106 Å². The number of carbonyl (C=O) groups is 18. The fourth-order valence-electron chi connectivity index (χ4n) is 16.4. The van der Waals surface area contributed by atoms with Crippen molar-refractivity contribution in [3.63, 3.8) is 0 Å². The average molecular weight is 1910 g/mol. The number of amides is 16. The van der Waals surface area contributed by atoms with Crippen LogP contribution < -0.4 is 65.1 Å². The van der Waals surface area contributed by atoms with E-state index in [9.17, 15) is 68.1 Å². The van der Waals surface area contributed by atoms with Crippen molar-refractivity contribution in [3.8, 4) is 5.75 Å². The van der Waals surface area contributed by atoms with Crippen molar-refractivity contribution in [1.29, 1.82) is 0 Å². The predicted molar refractivity (Wildman–Crippen MR) is 499 cm³/mol. The number of methoxy groups -OCH3 is 1. The summed E-state index contributed by atoms with van der Waals surface area (Å²) >= 11 is 0.780. The van der Waals surface area contributed by atoms with Gasteiger partial charge in [0.25, 0.3) is 0 Å². The maximum Gasteiger partial charge on any atom is 0.303 e. The first-order chi connectivity index (χ1) is 64.7. The number of ether oxygens (including phenoxy) is 1. The van der Waals surface area contributed by atoms with Gasteiger partial charge in [0, 0.05) is 138 Å². The lowest BCUT2D eigenvalue weighted by molar-refractivity contribution is -0.149. The number of H-pyrrole nitrogens is 3. The number of unbranched alkanes of at least 4 members (excludes halogenated alkanes) is 2. The third-order valence-corrected chi connectivity index (χ3v) is 25.0. The van der Waals surface area contributed by atoms with Crippen LogP contribution in [0.1, 0.15) is 140 Å². The number of phenolic OH excluding ortho intramolecular Hbond substituents is 1. The third-order valence-electron chi connectivity index (χ3n) is 23.9. The molecule has 21 N–H and O–H groups in total. The molecule has 740 valence electrons. The number of imidazole rings is 1. The van der Waals surface area contributed by atoms with Crippen molar-refractivity contribution in [3.05, 3.63) is 120 Å². The number of hydrogen-bond acceptors (Lipinski definition) is 24. The summed E-state index contributed by atoms with van der Waals surface area (Å²) in [5, 5.41) is 56.8. The first kappa shape index (κ1) is 108. The number of likely N-dealkylation sites (N-methyl/N-ethyl adjacent to an activating group) is 3. The Hall–Kier alpha value is -13.4. The molecule has 0 spiro atoms. The Morgan fingerprint density at radius 3 is 1.77 bits per heavy atom. The molecule has 2 saturated heterocycles.